The summed E-state index contributed by atoms with van der Waals surface area (Å²) in [6.45, 7) is 1.72. The Morgan fingerprint density at radius 3 is 2.43 bits per heavy atom. The molecular formula is C16H20N2O3. The average Bonchev–Trinajstić information content (AvgIpc) is 3.36. The molecule has 0 aliphatic heterocycles. The fraction of sp³-hybridized carbons (Fsp3) is 0.438. The zero-order valence-corrected chi connectivity index (χ0v) is 12.6. The van der Waals surface area contributed by atoms with Gasteiger partial charge in [0.25, 0.3) is 0 Å². The van der Waals surface area contributed by atoms with E-state index < -0.39 is 5.97 Å². The predicted octanol–water partition coefficient (Wildman–Crippen LogP) is 2.42. The number of nitrogens with zero attached hydrogens (tertiary/aromatic N) is 1. The summed E-state index contributed by atoms with van der Waals surface area (Å²) in [5, 5.41) is 7.97. The summed E-state index contributed by atoms with van der Waals surface area (Å²) in [4.78, 5) is 25.6. The van der Waals surface area contributed by atoms with Gasteiger partial charge in [-0.15, -0.1) is 0 Å². The number of esters is 1. The van der Waals surface area contributed by atoms with E-state index in [1.807, 2.05) is 7.05 Å². The van der Waals surface area contributed by atoms with Crippen LogP contribution in [-0.4, -0.2) is 37.7 Å². The van der Waals surface area contributed by atoms with Gasteiger partial charge in [0.2, 0.25) is 0 Å². The minimum atomic E-state index is -0.459. The fourth-order valence-corrected chi connectivity index (χ4v) is 2.21. The molecule has 0 unspecified atom stereocenters. The molecule has 1 aliphatic carbocycles. The van der Waals surface area contributed by atoms with Gasteiger partial charge in [-0.3, -0.25) is 10.2 Å². The number of carbonyl (C=O) groups excluding carboxylic acids is 2. The molecule has 0 heterocycles. The molecule has 0 atom stereocenters. The normalized spacial score (nSPS) is 13.7. The third-order valence-electron chi connectivity index (χ3n) is 3.73. The van der Waals surface area contributed by atoms with E-state index in [-0.39, 0.29) is 17.9 Å². The van der Waals surface area contributed by atoms with E-state index >= 15 is 0 Å². The molecule has 0 spiro atoms. The smallest absolute Gasteiger partial charge is 0.337 e. The first-order valence-electron chi connectivity index (χ1n) is 7.06. The Morgan fingerprint density at radius 1 is 1.29 bits per heavy atom. The van der Waals surface area contributed by atoms with Crippen molar-refractivity contribution in [3.8, 4) is 0 Å². The molecule has 0 radical (unpaired) electrons. The monoisotopic (exact) mass is 288 g/mol. The van der Waals surface area contributed by atoms with Crippen LogP contribution in [0.4, 0.5) is 5.69 Å². The van der Waals surface area contributed by atoms with Gasteiger partial charge in [-0.25, -0.2) is 4.79 Å². The number of nitrogens with one attached hydrogen (secondary N) is 1. The van der Waals surface area contributed by atoms with Crippen LogP contribution in [0, 0.1) is 5.41 Å². The molecule has 5 heteroatoms. The molecule has 1 aromatic carbocycles. The largest absolute Gasteiger partial charge is 0.465 e. The number of ether oxygens (including phenoxy) is 1. The van der Waals surface area contributed by atoms with Gasteiger partial charge in [0, 0.05) is 30.8 Å². The number of rotatable bonds is 6. The van der Waals surface area contributed by atoms with Crippen LogP contribution in [0.2, 0.25) is 0 Å². The first kappa shape index (κ1) is 15.2. The van der Waals surface area contributed by atoms with Gasteiger partial charge >= 0.3 is 5.97 Å². The average molecular weight is 288 g/mol. The molecule has 1 aliphatic rings. The van der Waals surface area contributed by atoms with Crippen molar-refractivity contribution in [3.05, 3.63) is 29.3 Å². The number of hydrogen-bond acceptors (Lipinski definition) is 5. The van der Waals surface area contributed by atoms with Crippen molar-refractivity contribution < 1.29 is 14.3 Å². The fourth-order valence-electron chi connectivity index (χ4n) is 2.21. The number of Topliss-reactive ketones (excluding diaryl/α,β-unsaturated/α-hetero) is 1. The first-order chi connectivity index (χ1) is 9.97. The highest BCUT2D eigenvalue weighted by Gasteiger charge is 2.27. The van der Waals surface area contributed by atoms with Gasteiger partial charge in [-0.2, -0.15) is 0 Å². The maximum atomic E-state index is 11.8. The maximum Gasteiger partial charge on any atom is 0.337 e. The van der Waals surface area contributed by atoms with E-state index in [2.05, 4.69) is 4.90 Å². The summed E-state index contributed by atoms with van der Waals surface area (Å²) < 4.78 is 4.76. The lowest BCUT2D eigenvalue weighted by Crippen LogP contribution is -2.21. The lowest BCUT2D eigenvalue weighted by atomic mass is 10.0. The van der Waals surface area contributed by atoms with Crippen LogP contribution in [-0.2, 0) is 9.53 Å². The molecule has 0 bridgehead atoms. The Hall–Kier alpha value is -2.17. The molecule has 2 rings (SSSR count). The van der Waals surface area contributed by atoms with E-state index in [9.17, 15) is 9.59 Å². The highest BCUT2D eigenvalue weighted by Crippen LogP contribution is 2.31. The van der Waals surface area contributed by atoms with E-state index in [1.54, 1.807) is 25.1 Å². The molecule has 0 saturated heterocycles. The van der Waals surface area contributed by atoms with E-state index in [0.717, 1.165) is 18.5 Å². The maximum absolute atomic E-state index is 11.8. The highest BCUT2D eigenvalue weighted by molar-refractivity contribution is 6.45. The summed E-state index contributed by atoms with van der Waals surface area (Å²) >= 11 is 0. The Labute approximate surface area is 124 Å². The van der Waals surface area contributed by atoms with Gasteiger partial charge in [0.1, 0.15) is 5.71 Å². The molecule has 1 N–H and O–H groups in total. The van der Waals surface area contributed by atoms with Crippen LogP contribution < -0.4 is 4.90 Å². The van der Waals surface area contributed by atoms with Crippen molar-refractivity contribution in [1.82, 2.24) is 0 Å². The molecule has 21 heavy (non-hydrogen) atoms. The molecule has 112 valence electrons. The van der Waals surface area contributed by atoms with Crippen LogP contribution in [0.1, 0.15) is 42.1 Å². The van der Waals surface area contributed by atoms with Gasteiger partial charge < -0.3 is 9.64 Å². The van der Waals surface area contributed by atoms with Crippen molar-refractivity contribution in [2.45, 2.75) is 32.2 Å². The summed E-state index contributed by atoms with van der Waals surface area (Å²) in [5.74, 6) is -0.698. The number of ketones is 1. The van der Waals surface area contributed by atoms with E-state index in [0.29, 0.717) is 17.2 Å². The van der Waals surface area contributed by atoms with Crippen molar-refractivity contribution in [3.63, 3.8) is 0 Å². The molecule has 1 aromatic rings. The third kappa shape index (κ3) is 3.29. The van der Waals surface area contributed by atoms with Crippen LogP contribution in [0.25, 0.3) is 0 Å². The zero-order valence-electron chi connectivity index (χ0n) is 12.6. The van der Waals surface area contributed by atoms with Crippen molar-refractivity contribution >= 4 is 23.2 Å². The quantitative estimate of drug-likeness (QED) is 0.644. The molecule has 1 fully saturated rings. The predicted molar refractivity (Wildman–Crippen MR) is 81.3 cm³/mol. The van der Waals surface area contributed by atoms with Crippen LogP contribution in [0.15, 0.2) is 18.2 Å². The van der Waals surface area contributed by atoms with Crippen molar-refractivity contribution in [2.24, 2.45) is 0 Å². The second kappa shape index (κ2) is 6.08. The second-order valence-corrected chi connectivity index (χ2v) is 5.25. The minimum Gasteiger partial charge on any atom is -0.465 e. The molecule has 1 saturated carbocycles. The van der Waals surface area contributed by atoms with Gasteiger partial charge in [-0.05, 0) is 31.0 Å². The first-order valence-corrected chi connectivity index (χ1v) is 7.06. The van der Waals surface area contributed by atoms with Gasteiger partial charge in [0.15, 0.2) is 5.78 Å². The zero-order chi connectivity index (χ0) is 15.6. The van der Waals surface area contributed by atoms with Gasteiger partial charge in [0.05, 0.1) is 12.7 Å². The molecule has 5 nitrogen and oxygen atoms in total. The van der Waals surface area contributed by atoms with Gasteiger partial charge in [-0.1, -0.05) is 6.92 Å². The number of anilines is 1. The summed E-state index contributed by atoms with van der Waals surface area (Å²) in [7, 11) is 3.28. The number of benzene rings is 1. The highest BCUT2D eigenvalue weighted by atomic mass is 16.5. The standard InChI is InChI=1S/C16H20N2O3/c1-4-14(19)15(17)10-7-11(16(20)21-3)9-13(8-10)18(2)12-5-6-12/h7-9,12,17H,4-6H2,1-3H3. The molecule has 0 amide bonds. The lowest BCUT2D eigenvalue weighted by Gasteiger charge is -2.20. The van der Waals surface area contributed by atoms with E-state index in [1.165, 1.54) is 7.11 Å². The SMILES string of the molecule is CCC(=O)C(=N)c1cc(C(=O)OC)cc(N(C)C2CC2)c1. The molecular weight excluding hydrogens is 268 g/mol. The summed E-state index contributed by atoms with van der Waals surface area (Å²) in [5.41, 5.74) is 1.61. The van der Waals surface area contributed by atoms with Crippen LogP contribution in [0.5, 0.6) is 0 Å². The number of carbonyl (C=O) groups is 2. The van der Waals surface area contributed by atoms with Crippen molar-refractivity contribution in [2.75, 3.05) is 19.1 Å². The minimum absolute atomic E-state index is 0.0614. The Balaban J connectivity index is 2.43. The Morgan fingerprint density at radius 2 is 1.90 bits per heavy atom. The third-order valence-corrected chi connectivity index (χ3v) is 3.73. The van der Waals surface area contributed by atoms with Crippen LogP contribution >= 0.6 is 0 Å². The van der Waals surface area contributed by atoms with Crippen molar-refractivity contribution in [1.29, 1.82) is 5.41 Å². The lowest BCUT2D eigenvalue weighted by molar-refractivity contribution is -0.112. The topological polar surface area (TPSA) is 70.5 Å². The summed E-state index contributed by atoms with van der Waals surface area (Å²) in [6, 6.07) is 5.56. The number of methoxy groups -OCH3 is 1. The molecule has 0 aromatic heterocycles. The van der Waals surface area contributed by atoms with E-state index in [4.69, 9.17) is 10.1 Å². The second-order valence-electron chi connectivity index (χ2n) is 5.25. The Bertz CT molecular complexity index is 591. The van der Waals surface area contributed by atoms with Crippen LogP contribution in [0.3, 0.4) is 0 Å². The Kier molecular flexibility index (Phi) is 4.40. The summed E-state index contributed by atoms with van der Waals surface area (Å²) in [6.07, 6.45) is 2.52. The number of hydrogen-bond donors (Lipinski definition) is 1.